The van der Waals surface area contributed by atoms with E-state index in [1.165, 1.54) is 32.1 Å². The third-order valence-corrected chi connectivity index (χ3v) is 5.00. The lowest BCUT2D eigenvalue weighted by Gasteiger charge is -2.48. The Hall–Kier alpha value is -0.870. The largest absolute Gasteiger partial charge is 0.444 e. The molecule has 1 unspecified atom stereocenters. The number of aromatic nitrogens is 1. The zero-order valence-electron chi connectivity index (χ0n) is 12.8. The standard InChI is InChI=1S/C16H27N3O/c1-3-14-10-17-15(20-14)11-19-12-16(18-9-13(19)2)7-5-4-6-8-16/h10,13,18H,3-9,11-12H2,1-2H3. The molecule has 1 aliphatic carbocycles. The molecule has 1 atom stereocenters. The van der Waals surface area contributed by atoms with Crippen LogP contribution in [0.2, 0.25) is 0 Å². The quantitative estimate of drug-likeness (QED) is 0.922. The van der Waals surface area contributed by atoms with Gasteiger partial charge in [-0.2, -0.15) is 0 Å². The lowest BCUT2D eigenvalue weighted by atomic mass is 9.79. The summed E-state index contributed by atoms with van der Waals surface area (Å²) in [5.74, 6) is 1.87. The van der Waals surface area contributed by atoms with Crippen LogP contribution in [0.25, 0.3) is 0 Å². The number of piperazine rings is 1. The summed E-state index contributed by atoms with van der Waals surface area (Å²) in [4.78, 5) is 6.97. The molecule has 0 amide bonds. The van der Waals surface area contributed by atoms with Gasteiger partial charge < -0.3 is 9.73 Å². The van der Waals surface area contributed by atoms with E-state index in [-0.39, 0.29) is 0 Å². The lowest BCUT2D eigenvalue weighted by molar-refractivity contribution is 0.0511. The summed E-state index contributed by atoms with van der Waals surface area (Å²) >= 11 is 0. The fourth-order valence-corrected chi connectivity index (χ4v) is 3.63. The molecule has 1 saturated carbocycles. The molecule has 3 rings (SSSR count). The Labute approximate surface area is 121 Å². The second-order valence-electron chi connectivity index (χ2n) is 6.55. The first-order valence-corrected chi connectivity index (χ1v) is 8.13. The highest BCUT2D eigenvalue weighted by molar-refractivity contribution is 5.00. The first-order chi connectivity index (χ1) is 9.71. The van der Waals surface area contributed by atoms with Crippen molar-refractivity contribution in [3.63, 3.8) is 0 Å². The smallest absolute Gasteiger partial charge is 0.208 e. The molecule has 4 heteroatoms. The van der Waals surface area contributed by atoms with Crippen LogP contribution in [0.5, 0.6) is 0 Å². The molecule has 1 aliphatic heterocycles. The van der Waals surface area contributed by atoms with E-state index >= 15 is 0 Å². The van der Waals surface area contributed by atoms with Crippen molar-refractivity contribution in [3.05, 3.63) is 17.8 Å². The minimum Gasteiger partial charge on any atom is -0.444 e. The molecule has 1 aromatic heterocycles. The van der Waals surface area contributed by atoms with Crippen LogP contribution >= 0.6 is 0 Å². The van der Waals surface area contributed by atoms with Crippen molar-refractivity contribution in [2.75, 3.05) is 13.1 Å². The van der Waals surface area contributed by atoms with Gasteiger partial charge in [-0.1, -0.05) is 26.2 Å². The van der Waals surface area contributed by atoms with E-state index in [4.69, 9.17) is 4.42 Å². The SMILES string of the molecule is CCc1cnc(CN2CC3(CCCCC3)NCC2C)o1. The molecule has 0 bridgehead atoms. The Morgan fingerprint density at radius 2 is 2.20 bits per heavy atom. The summed E-state index contributed by atoms with van der Waals surface area (Å²) < 4.78 is 5.79. The minimum absolute atomic E-state index is 0.352. The highest BCUT2D eigenvalue weighted by Crippen LogP contribution is 2.32. The van der Waals surface area contributed by atoms with Crippen molar-refractivity contribution in [1.29, 1.82) is 0 Å². The summed E-state index contributed by atoms with van der Waals surface area (Å²) in [5, 5.41) is 3.82. The third-order valence-electron chi connectivity index (χ3n) is 5.00. The highest BCUT2D eigenvalue weighted by atomic mass is 16.4. The Kier molecular flexibility index (Phi) is 4.13. The monoisotopic (exact) mass is 277 g/mol. The fraction of sp³-hybridized carbons (Fsp3) is 0.812. The number of hydrogen-bond acceptors (Lipinski definition) is 4. The second-order valence-corrected chi connectivity index (χ2v) is 6.55. The van der Waals surface area contributed by atoms with Gasteiger partial charge in [0.2, 0.25) is 5.89 Å². The number of nitrogens with one attached hydrogen (secondary N) is 1. The molecule has 1 spiro atoms. The maximum absolute atomic E-state index is 5.79. The van der Waals surface area contributed by atoms with Crippen molar-refractivity contribution in [3.8, 4) is 0 Å². The predicted octanol–water partition coefficient (Wildman–Crippen LogP) is 2.73. The molecule has 1 aromatic rings. The van der Waals surface area contributed by atoms with Gasteiger partial charge in [0.25, 0.3) is 0 Å². The Morgan fingerprint density at radius 3 is 2.90 bits per heavy atom. The number of nitrogens with zero attached hydrogens (tertiary/aromatic N) is 2. The molecule has 0 aromatic carbocycles. The van der Waals surface area contributed by atoms with Gasteiger partial charge in [0.15, 0.2) is 0 Å². The summed E-state index contributed by atoms with van der Waals surface area (Å²) in [6.45, 7) is 7.48. The topological polar surface area (TPSA) is 41.3 Å². The van der Waals surface area contributed by atoms with E-state index in [1.807, 2.05) is 6.20 Å². The average molecular weight is 277 g/mol. The molecule has 0 radical (unpaired) electrons. The van der Waals surface area contributed by atoms with Gasteiger partial charge >= 0.3 is 0 Å². The predicted molar refractivity (Wildman–Crippen MR) is 79.6 cm³/mol. The van der Waals surface area contributed by atoms with Crippen LogP contribution in [-0.2, 0) is 13.0 Å². The Morgan fingerprint density at radius 1 is 1.40 bits per heavy atom. The molecular formula is C16H27N3O. The van der Waals surface area contributed by atoms with Crippen molar-refractivity contribution in [2.45, 2.75) is 70.5 Å². The van der Waals surface area contributed by atoms with Crippen molar-refractivity contribution < 1.29 is 4.42 Å². The summed E-state index contributed by atoms with van der Waals surface area (Å²) in [6, 6.07) is 0.555. The van der Waals surface area contributed by atoms with E-state index in [0.29, 0.717) is 11.6 Å². The van der Waals surface area contributed by atoms with Gasteiger partial charge in [0.05, 0.1) is 12.7 Å². The van der Waals surface area contributed by atoms with Crippen LogP contribution < -0.4 is 5.32 Å². The highest BCUT2D eigenvalue weighted by Gasteiger charge is 2.38. The van der Waals surface area contributed by atoms with Gasteiger partial charge in [0, 0.05) is 31.1 Å². The van der Waals surface area contributed by atoms with E-state index in [1.54, 1.807) is 0 Å². The van der Waals surface area contributed by atoms with Gasteiger partial charge in [-0.25, -0.2) is 4.98 Å². The van der Waals surface area contributed by atoms with Crippen LogP contribution in [0, 0.1) is 0 Å². The summed E-state index contributed by atoms with van der Waals surface area (Å²) in [6.07, 6.45) is 9.58. The average Bonchev–Trinajstić information content (AvgIpc) is 2.92. The third kappa shape index (κ3) is 2.91. The number of hydrogen-bond donors (Lipinski definition) is 1. The van der Waals surface area contributed by atoms with Gasteiger partial charge in [-0.15, -0.1) is 0 Å². The molecule has 20 heavy (non-hydrogen) atoms. The first kappa shape index (κ1) is 14.1. The number of oxazole rings is 1. The van der Waals surface area contributed by atoms with Gasteiger partial charge in [-0.3, -0.25) is 4.90 Å². The molecule has 2 heterocycles. The van der Waals surface area contributed by atoms with Crippen LogP contribution in [0.4, 0.5) is 0 Å². The van der Waals surface area contributed by atoms with Crippen LogP contribution in [0.1, 0.15) is 57.6 Å². The molecule has 1 N–H and O–H groups in total. The van der Waals surface area contributed by atoms with Crippen LogP contribution in [0.3, 0.4) is 0 Å². The van der Waals surface area contributed by atoms with E-state index in [9.17, 15) is 0 Å². The second kappa shape index (κ2) is 5.86. The maximum atomic E-state index is 5.79. The molecule has 2 fully saturated rings. The summed E-state index contributed by atoms with van der Waals surface area (Å²) in [7, 11) is 0. The Bertz CT molecular complexity index is 437. The van der Waals surface area contributed by atoms with Crippen molar-refractivity contribution in [2.24, 2.45) is 0 Å². The number of rotatable bonds is 3. The van der Waals surface area contributed by atoms with Gasteiger partial charge in [-0.05, 0) is 19.8 Å². The molecular weight excluding hydrogens is 250 g/mol. The molecule has 4 nitrogen and oxygen atoms in total. The Balaban J connectivity index is 1.67. The maximum Gasteiger partial charge on any atom is 0.208 e. The van der Waals surface area contributed by atoms with Crippen LogP contribution in [-0.4, -0.2) is 34.6 Å². The fourth-order valence-electron chi connectivity index (χ4n) is 3.63. The zero-order chi connectivity index (χ0) is 14.0. The van der Waals surface area contributed by atoms with Gasteiger partial charge in [0.1, 0.15) is 5.76 Å². The van der Waals surface area contributed by atoms with E-state index in [2.05, 4.69) is 29.0 Å². The summed E-state index contributed by atoms with van der Waals surface area (Å²) in [5.41, 5.74) is 0.352. The van der Waals surface area contributed by atoms with Crippen LogP contribution in [0.15, 0.2) is 10.6 Å². The zero-order valence-corrected chi connectivity index (χ0v) is 12.8. The van der Waals surface area contributed by atoms with E-state index in [0.717, 1.165) is 37.7 Å². The van der Waals surface area contributed by atoms with Crippen molar-refractivity contribution in [1.82, 2.24) is 15.2 Å². The number of aryl methyl sites for hydroxylation is 1. The lowest BCUT2D eigenvalue weighted by Crippen LogP contribution is -2.63. The minimum atomic E-state index is 0.352. The molecule has 112 valence electrons. The first-order valence-electron chi connectivity index (χ1n) is 8.13. The van der Waals surface area contributed by atoms with E-state index < -0.39 is 0 Å². The normalized spacial score (nSPS) is 27.0. The van der Waals surface area contributed by atoms with Crippen molar-refractivity contribution >= 4 is 0 Å². The molecule has 2 aliphatic rings. The molecule has 1 saturated heterocycles.